The molecule has 0 radical (unpaired) electrons. The first-order chi connectivity index (χ1) is 10.1. The fraction of sp³-hybridized carbons (Fsp3) is 0.765. The van der Waals surface area contributed by atoms with Gasteiger partial charge in [-0.3, -0.25) is 0 Å². The molecule has 1 aliphatic rings. The van der Waals surface area contributed by atoms with Gasteiger partial charge in [0.15, 0.2) is 0 Å². The van der Waals surface area contributed by atoms with E-state index in [1.54, 1.807) is 0 Å². The summed E-state index contributed by atoms with van der Waals surface area (Å²) in [6.45, 7) is 9.79. The predicted molar refractivity (Wildman–Crippen MR) is 90.3 cm³/mol. The highest BCUT2D eigenvalue weighted by Gasteiger charge is 2.29. The fourth-order valence-corrected chi connectivity index (χ4v) is 2.81. The molecule has 4 heteroatoms. The highest BCUT2D eigenvalue weighted by atomic mass is 15.2. The number of nitrogens with zero attached hydrogens (tertiary/aromatic N) is 3. The Morgan fingerprint density at radius 2 is 1.86 bits per heavy atom. The lowest BCUT2D eigenvalue weighted by Gasteiger charge is -2.29. The third kappa shape index (κ3) is 3.66. The summed E-state index contributed by atoms with van der Waals surface area (Å²) in [5.41, 5.74) is 1.18. The van der Waals surface area contributed by atoms with E-state index >= 15 is 0 Å². The number of anilines is 2. The molecule has 1 heterocycles. The lowest BCUT2D eigenvalue weighted by atomic mass is 10.1. The van der Waals surface area contributed by atoms with Crippen LogP contribution in [0.3, 0.4) is 0 Å². The molecule has 4 nitrogen and oxygen atoms in total. The van der Waals surface area contributed by atoms with Crippen LogP contribution in [0.1, 0.15) is 70.2 Å². The van der Waals surface area contributed by atoms with Crippen molar-refractivity contribution in [3.63, 3.8) is 0 Å². The molecule has 1 aromatic heterocycles. The maximum absolute atomic E-state index is 4.89. The van der Waals surface area contributed by atoms with Crippen LogP contribution in [0.5, 0.6) is 0 Å². The van der Waals surface area contributed by atoms with E-state index in [0.717, 1.165) is 43.3 Å². The Labute approximate surface area is 129 Å². The average Bonchev–Trinajstić information content (AvgIpc) is 3.32. The average molecular weight is 290 g/mol. The third-order valence-electron chi connectivity index (χ3n) is 4.45. The van der Waals surface area contributed by atoms with Gasteiger partial charge in [0.25, 0.3) is 0 Å². The van der Waals surface area contributed by atoms with Crippen molar-refractivity contribution in [2.75, 3.05) is 23.8 Å². The van der Waals surface area contributed by atoms with Crippen molar-refractivity contribution >= 4 is 11.6 Å². The maximum atomic E-state index is 4.89. The second-order valence-electron chi connectivity index (χ2n) is 6.16. The van der Waals surface area contributed by atoms with Gasteiger partial charge in [0.2, 0.25) is 0 Å². The first kappa shape index (κ1) is 16.1. The van der Waals surface area contributed by atoms with Gasteiger partial charge in [0, 0.05) is 31.1 Å². The zero-order valence-corrected chi connectivity index (χ0v) is 14.2. The summed E-state index contributed by atoms with van der Waals surface area (Å²) in [5.74, 6) is 3.76. The maximum Gasteiger partial charge on any atom is 0.137 e. The zero-order chi connectivity index (χ0) is 15.4. The van der Waals surface area contributed by atoms with Crippen molar-refractivity contribution < 1.29 is 0 Å². The Hall–Kier alpha value is -1.32. The zero-order valence-electron chi connectivity index (χ0n) is 14.2. The SMILES string of the molecule is CCCNc1nc(C2CC2)nc(N(C)C(CC)CC)c1C. The molecule has 0 atom stereocenters. The summed E-state index contributed by atoms with van der Waals surface area (Å²) in [6.07, 6.45) is 5.88. The molecule has 2 rings (SSSR count). The molecule has 0 bridgehead atoms. The van der Waals surface area contributed by atoms with Gasteiger partial charge in [0.1, 0.15) is 17.5 Å². The number of aromatic nitrogens is 2. The van der Waals surface area contributed by atoms with E-state index in [0.29, 0.717) is 12.0 Å². The van der Waals surface area contributed by atoms with Gasteiger partial charge in [0.05, 0.1) is 0 Å². The van der Waals surface area contributed by atoms with Crippen LogP contribution in [-0.2, 0) is 0 Å². The van der Waals surface area contributed by atoms with Crippen LogP contribution in [0.4, 0.5) is 11.6 Å². The van der Waals surface area contributed by atoms with E-state index in [-0.39, 0.29) is 0 Å². The molecular formula is C17H30N4. The lowest BCUT2D eigenvalue weighted by molar-refractivity contribution is 0.584. The van der Waals surface area contributed by atoms with Crippen LogP contribution < -0.4 is 10.2 Å². The Bertz CT molecular complexity index is 464. The van der Waals surface area contributed by atoms with Crippen LogP contribution in [0.15, 0.2) is 0 Å². The second kappa shape index (κ2) is 7.10. The van der Waals surface area contributed by atoms with Crippen LogP contribution in [-0.4, -0.2) is 29.6 Å². The summed E-state index contributed by atoms with van der Waals surface area (Å²) in [4.78, 5) is 12.0. The van der Waals surface area contributed by atoms with Gasteiger partial charge in [-0.15, -0.1) is 0 Å². The number of nitrogens with one attached hydrogen (secondary N) is 1. The standard InChI is InChI=1S/C17H30N4/c1-6-11-18-15-12(4)17(21(5)14(7-2)8-3)20-16(19-15)13-9-10-13/h13-14H,6-11H2,1-5H3,(H,18,19,20). The number of rotatable bonds is 8. The molecule has 1 aromatic rings. The molecular weight excluding hydrogens is 260 g/mol. The molecule has 118 valence electrons. The van der Waals surface area contributed by atoms with Crippen molar-refractivity contribution in [3.8, 4) is 0 Å². The summed E-state index contributed by atoms with van der Waals surface area (Å²) in [7, 11) is 2.17. The van der Waals surface area contributed by atoms with E-state index in [1.807, 2.05) is 0 Å². The van der Waals surface area contributed by atoms with Crippen molar-refractivity contribution in [1.82, 2.24) is 9.97 Å². The molecule has 0 aromatic carbocycles. The van der Waals surface area contributed by atoms with E-state index in [9.17, 15) is 0 Å². The number of hydrogen-bond donors (Lipinski definition) is 1. The quantitative estimate of drug-likeness (QED) is 0.782. The van der Waals surface area contributed by atoms with Crippen molar-refractivity contribution in [2.45, 2.75) is 71.8 Å². The Balaban J connectivity index is 2.35. The van der Waals surface area contributed by atoms with Gasteiger partial charge in [-0.25, -0.2) is 9.97 Å². The van der Waals surface area contributed by atoms with E-state index in [1.165, 1.54) is 18.4 Å². The summed E-state index contributed by atoms with van der Waals surface area (Å²) >= 11 is 0. The Morgan fingerprint density at radius 3 is 2.38 bits per heavy atom. The summed E-state index contributed by atoms with van der Waals surface area (Å²) < 4.78 is 0. The number of hydrogen-bond acceptors (Lipinski definition) is 4. The topological polar surface area (TPSA) is 41.1 Å². The van der Waals surface area contributed by atoms with Gasteiger partial charge in [-0.05, 0) is 39.0 Å². The lowest BCUT2D eigenvalue weighted by Crippen LogP contribution is -2.32. The molecule has 1 N–H and O–H groups in total. The van der Waals surface area contributed by atoms with Gasteiger partial charge < -0.3 is 10.2 Å². The first-order valence-electron chi connectivity index (χ1n) is 8.47. The van der Waals surface area contributed by atoms with Crippen molar-refractivity contribution in [2.24, 2.45) is 0 Å². The molecule has 0 spiro atoms. The first-order valence-corrected chi connectivity index (χ1v) is 8.47. The fourth-order valence-electron chi connectivity index (χ4n) is 2.81. The molecule has 0 saturated heterocycles. The summed E-state index contributed by atoms with van der Waals surface area (Å²) in [6, 6.07) is 0.546. The monoisotopic (exact) mass is 290 g/mol. The molecule has 0 amide bonds. The summed E-state index contributed by atoms with van der Waals surface area (Å²) in [5, 5.41) is 3.48. The molecule has 1 fully saturated rings. The van der Waals surface area contributed by atoms with E-state index < -0.39 is 0 Å². The highest BCUT2D eigenvalue weighted by molar-refractivity contribution is 5.59. The minimum atomic E-state index is 0.546. The minimum absolute atomic E-state index is 0.546. The predicted octanol–water partition coefficient (Wildman–Crippen LogP) is 4.11. The van der Waals surface area contributed by atoms with E-state index in [4.69, 9.17) is 9.97 Å². The second-order valence-corrected chi connectivity index (χ2v) is 6.16. The third-order valence-corrected chi connectivity index (χ3v) is 4.45. The van der Waals surface area contributed by atoms with E-state index in [2.05, 4.69) is 45.0 Å². The van der Waals surface area contributed by atoms with Crippen LogP contribution in [0.25, 0.3) is 0 Å². The minimum Gasteiger partial charge on any atom is -0.370 e. The van der Waals surface area contributed by atoms with Crippen LogP contribution in [0, 0.1) is 6.92 Å². The Morgan fingerprint density at radius 1 is 1.19 bits per heavy atom. The van der Waals surface area contributed by atoms with Gasteiger partial charge >= 0.3 is 0 Å². The Kier molecular flexibility index (Phi) is 5.43. The molecule has 0 aliphatic heterocycles. The van der Waals surface area contributed by atoms with Crippen molar-refractivity contribution in [1.29, 1.82) is 0 Å². The van der Waals surface area contributed by atoms with Gasteiger partial charge in [-0.2, -0.15) is 0 Å². The normalized spacial score (nSPS) is 14.6. The van der Waals surface area contributed by atoms with Crippen LogP contribution >= 0.6 is 0 Å². The van der Waals surface area contributed by atoms with Crippen molar-refractivity contribution in [3.05, 3.63) is 11.4 Å². The van der Waals surface area contributed by atoms with Gasteiger partial charge in [-0.1, -0.05) is 20.8 Å². The molecule has 21 heavy (non-hydrogen) atoms. The van der Waals surface area contributed by atoms with Crippen LogP contribution in [0.2, 0.25) is 0 Å². The molecule has 1 aliphatic carbocycles. The largest absolute Gasteiger partial charge is 0.370 e. The smallest absolute Gasteiger partial charge is 0.137 e. The molecule has 0 unspecified atom stereocenters. The molecule has 1 saturated carbocycles. The highest BCUT2D eigenvalue weighted by Crippen LogP contribution is 2.40.